The van der Waals surface area contributed by atoms with Crippen molar-refractivity contribution in [2.24, 2.45) is 0 Å². The van der Waals surface area contributed by atoms with Gasteiger partial charge in [0, 0.05) is 28.7 Å². The van der Waals surface area contributed by atoms with E-state index in [9.17, 15) is 8.42 Å². The minimum absolute atomic E-state index is 0.234. The van der Waals surface area contributed by atoms with Gasteiger partial charge >= 0.3 is 0 Å². The molecule has 160 valence electrons. The Morgan fingerprint density at radius 2 is 1.81 bits per heavy atom. The van der Waals surface area contributed by atoms with Gasteiger partial charge in [-0.15, -0.1) is 0 Å². The van der Waals surface area contributed by atoms with Crippen LogP contribution in [0, 0.1) is 6.92 Å². The first-order valence-corrected chi connectivity index (χ1v) is 11.8. The number of nitrogens with one attached hydrogen (secondary N) is 2. The van der Waals surface area contributed by atoms with Gasteiger partial charge in [0.25, 0.3) is 0 Å². The van der Waals surface area contributed by atoms with E-state index >= 15 is 0 Å². The van der Waals surface area contributed by atoms with Crippen molar-refractivity contribution in [2.45, 2.75) is 24.8 Å². The lowest BCUT2D eigenvalue weighted by molar-refractivity contribution is 0.304. The maximum atomic E-state index is 12.6. The standard InChI is InChI=1S/C24H23ClN2O3S/c1-17-14-20(25)8-11-24(17)30-16-18-6-9-21(10-7-18)31(28,29)27-13-12-19-15-26-23-5-3-2-4-22(19)23/h2-11,14-15,26-27H,12-13,16H2,1H3. The summed E-state index contributed by atoms with van der Waals surface area (Å²) in [6, 6.07) is 20.1. The highest BCUT2D eigenvalue weighted by molar-refractivity contribution is 7.89. The highest BCUT2D eigenvalue weighted by Gasteiger charge is 2.14. The second-order valence-electron chi connectivity index (χ2n) is 7.35. The predicted molar refractivity (Wildman–Crippen MR) is 124 cm³/mol. The molecular weight excluding hydrogens is 432 g/mol. The van der Waals surface area contributed by atoms with Crippen LogP contribution in [0.15, 0.2) is 77.8 Å². The Morgan fingerprint density at radius 3 is 2.58 bits per heavy atom. The summed E-state index contributed by atoms with van der Waals surface area (Å²) in [4.78, 5) is 3.44. The van der Waals surface area contributed by atoms with Gasteiger partial charge < -0.3 is 9.72 Å². The van der Waals surface area contributed by atoms with E-state index in [4.69, 9.17) is 16.3 Å². The number of aromatic nitrogens is 1. The molecule has 1 aromatic heterocycles. The lowest BCUT2D eigenvalue weighted by atomic mass is 10.1. The molecule has 0 saturated carbocycles. The first-order valence-electron chi connectivity index (χ1n) is 9.95. The number of fused-ring (bicyclic) bond motifs is 1. The smallest absolute Gasteiger partial charge is 0.240 e. The normalized spacial score (nSPS) is 11.7. The van der Waals surface area contributed by atoms with Crippen LogP contribution in [-0.2, 0) is 23.1 Å². The zero-order valence-electron chi connectivity index (χ0n) is 17.1. The molecule has 0 amide bonds. The van der Waals surface area contributed by atoms with Gasteiger partial charge in [-0.3, -0.25) is 0 Å². The lowest BCUT2D eigenvalue weighted by Crippen LogP contribution is -2.26. The number of rotatable bonds is 8. The molecule has 0 radical (unpaired) electrons. The maximum Gasteiger partial charge on any atom is 0.240 e. The lowest BCUT2D eigenvalue weighted by Gasteiger charge is -2.10. The Kier molecular flexibility index (Phi) is 6.32. The third kappa shape index (κ3) is 5.10. The summed E-state index contributed by atoms with van der Waals surface area (Å²) < 4.78 is 33.8. The van der Waals surface area contributed by atoms with Crippen LogP contribution < -0.4 is 9.46 Å². The molecule has 0 spiro atoms. The summed E-state index contributed by atoms with van der Waals surface area (Å²) in [5.41, 5.74) is 3.97. The quantitative estimate of drug-likeness (QED) is 0.383. The molecule has 4 aromatic rings. The zero-order chi connectivity index (χ0) is 21.8. The fourth-order valence-corrected chi connectivity index (χ4v) is 4.70. The molecule has 0 atom stereocenters. The molecule has 1 heterocycles. The van der Waals surface area contributed by atoms with E-state index in [2.05, 4.69) is 9.71 Å². The summed E-state index contributed by atoms with van der Waals surface area (Å²) in [5, 5.41) is 1.78. The van der Waals surface area contributed by atoms with Crippen LogP contribution in [0.1, 0.15) is 16.7 Å². The maximum absolute atomic E-state index is 12.6. The number of sulfonamides is 1. The number of aromatic amines is 1. The van der Waals surface area contributed by atoms with Crippen molar-refractivity contribution in [1.82, 2.24) is 9.71 Å². The fraction of sp³-hybridized carbons (Fsp3) is 0.167. The van der Waals surface area contributed by atoms with Crippen LogP contribution in [-0.4, -0.2) is 19.9 Å². The van der Waals surface area contributed by atoms with Gasteiger partial charge in [0.15, 0.2) is 0 Å². The van der Waals surface area contributed by atoms with Crippen molar-refractivity contribution in [3.8, 4) is 5.75 Å². The van der Waals surface area contributed by atoms with Gasteiger partial charge in [-0.25, -0.2) is 13.1 Å². The van der Waals surface area contributed by atoms with Crippen molar-refractivity contribution in [3.05, 3.63) is 94.6 Å². The minimum Gasteiger partial charge on any atom is -0.489 e. The first-order chi connectivity index (χ1) is 14.9. The minimum atomic E-state index is -3.58. The van der Waals surface area contributed by atoms with Crippen molar-refractivity contribution >= 4 is 32.5 Å². The Labute approximate surface area is 187 Å². The molecule has 0 bridgehead atoms. The van der Waals surface area contributed by atoms with Gasteiger partial charge in [-0.2, -0.15) is 0 Å². The van der Waals surface area contributed by atoms with Crippen LogP contribution in [0.5, 0.6) is 5.75 Å². The SMILES string of the molecule is Cc1cc(Cl)ccc1OCc1ccc(S(=O)(=O)NCCc2c[nH]c3ccccc23)cc1. The largest absolute Gasteiger partial charge is 0.489 e. The monoisotopic (exact) mass is 454 g/mol. The topological polar surface area (TPSA) is 71.2 Å². The molecule has 3 aromatic carbocycles. The highest BCUT2D eigenvalue weighted by Crippen LogP contribution is 2.23. The van der Waals surface area contributed by atoms with Gasteiger partial charge in [0.05, 0.1) is 4.90 Å². The molecule has 4 rings (SSSR count). The number of aryl methyl sites for hydroxylation is 1. The Bertz CT molecular complexity index is 1300. The molecule has 31 heavy (non-hydrogen) atoms. The summed E-state index contributed by atoms with van der Waals surface area (Å²) >= 11 is 5.97. The zero-order valence-corrected chi connectivity index (χ0v) is 18.6. The van der Waals surface area contributed by atoms with Crippen LogP contribution in [0.2, 0.25) is 5.02 Å². The molecular formula is C24H23ClN2O3S. The fourth-order valence-electron chi connectivity index (χ4n) is 3.44. The van der Waals surface area contributed by atoms with Crippen molar-refractivity contribution in [3.63, 3.8) is 0 Å². The Hall–Kier alpha value is -2.80. The Balaban J connectivity index is 1.35. The number of hydrogen-bond acceptors (Lipinski definition) is 3. The molecule has 0 aliphatic carbocycles. The number of H-pyrrole nitrogens is 1. The van der Waals surface area contributed by atoms with Crippen molar-refractivity contribution < 1.29 is 13.2 Å². The van der Waals surface area contributed by atoms with E-state index in [0.717, 1.165) is 33.3 Å². The number of para-hydroxylation sites is 1. The predicted octanol–water partition coefficient (Wildman–Crippen LogP) is 5.23. The third-order valence-electron chi connectivity index (χ3n) is 5.13. The molecule has 0 fully saturated rings. The van der Waals surface area contributed by atoms with E-state index in [-0.39, 0.29) is 4.90 Å². The van der Waals surface area contributed by atoms with E-state index in [1.165, 1.54) is 0 Å². The Morgan fingerprint density at radius 1 is 1.03 bits per heavy atom. The van der Waals surface area contributed by atoms with Crippen LogP contribution in [0.3, 0.4) is 0 Å². The molecule has 7 heteroatoms. The number of hydrogen-bond donors (Lipinski definition) is 2. The summed E-state index contributed by atoms with van der Waals surface area (Å²) in [7, 11) is -3.58. The average Bonchev–Trinajstić information content (AvgIpc) is 3.16. The second-order valence-corrected chi connectivity index (χ2v) is 9.55. The van der Waals surface area contributed by atoms with Gasteiger partial charge in [0.2, 0.25) is 10.0 Å². The van der Waals surface area contributed by atoms with Gasteiger partial charge in [-0.05, 0) is 66.4 Å². The molecule has 0 unspecified atom stereocenters. The summed E-state index contributed by atoms with van der Waals surface area (Å²) in [5.74, 6) is 0.750. The average molecular weight is 455 g/mol. The van der Waals surface area contributed by atoms with E-state index in [1.807, 2.05) is 49.5 Å². The van der Waals surface area contributed by atoms with Crippen LogP contribution >= 0.6 is 11.6 Å². The molecule has 2 N–H and O–H groups in total. The molecule has 5 nitrogen and oxygen atoms in total. The van der Waals surface area contributed by atoms with Crippen molar-refractivity contribution in [1.29, 1.82) is 0 Å². The molecule has 0 aliphatic heterocycles. The highest BCUT2D eigenvalue weighted by atomic mass is 35.5. The molecule has 0 saturated heterocycles. The number of ether oxygens (including phenoxy) is 1. The third-order valence-corrected chi connectivity index (χ3v) is 6.84. The van der Waals surface area contributed by atoms with Crippen LogP contribution in [0.4, 0.5) is 0 Å². The first kappa shape index (κ1) is 21.4. The summed E-state index contributed by atoms with van der Waals surface area (Å²) in [6.07, 6.45) is 2.53. The van der Waals surface area contributed by atoms with Crippen LogP contribution in [0.25, 0.3) is 10.9 Å². The second kappa shape index (κ2) is 9.14. The van der Waals surface area contributed by atoms with Crippen molar-refractivity contribution in [2.75, 3.05) is 6.54 Å². The van der Waals surface area contributed by atoms with E-state index in [1.54, 1.807) is 30.3 Å². The van der Waals surface area contributed by atoms with Gasteiger partial charge in [0.1, 0.15) is 12.4 Å². The summed E-state index contributed by atoms with van der Waals surface area (Å²) in [6.45, 7) is 2.60. The van der Waals surface area contributed by atoms with Gasteiger partial charge in [-0.1, -0.05) is 41.9 Å². The number of benzene rings is 3. The van der Waals surface area contributed by atoms with E-state index in [0.29, 0.717) is 24.6 Å². The van der Waals surface area contributed by atoms with E-state index < -0.39 is 10.0 Å². The number of halogens is 1. The molecule has 0 aliphatic rings.